The van der Waals surface area contributed by atoms with Crippen LogP contribution in [0.2, 0.25) is 10.0 Å². The first-order valence-corrected chi connectivity index (χ1v) is 8.76. The van der Waals surface area contributed by atoms with Gasteiger partial charge in [-0.15, -0.1) is 11.8 Å². The highest BCUT2D eigenvalue weighted by atomic mass is 35.5. The highest BCUT2D eigenvalue weighted by Crippen LogP contribution is 2.34. The van der Waals surface area contributed by atoms with Crippen molar-refractivity contribution in [3.05, 3.63) is 28.2 Å². The lowest BCUT2D eigenvalue weighted by atomic mass is 10.0. The zero-order valence-corrected chi connectivity index (χ0v) is 13.6. The summed E-state index contributed by atoms with van der Waals surface area (Å²) in [6.45, 7) is 3.27. The Kier molecular flexibility index (Phi) is 6.34. The van der Waals surface area contributed by atoms with Crippen LogP contribution in [0.1, 0.15) is 32.6 Å². The van der Waals surface area contributed by atoms with E-state index < -0.39 is 0 Å². The van der Waals surface area contributed by atoms with Crippen molar-refractivity contribution in [2.45, 2.75) is 43.5 Å². The largest absolute Gasteiger partial charge is 0.314 e. The fourth-order valence-corrected chi connectivity index (χ4v) is 4.40. The molecular formula is C15H21Cl2NS. The molecule has 1 aliphatic rings. The first kappa shape index (κ1) is 15.5. The van der Waals surface area contributed by atoms with Gasteiger partial charge in [-0.1, -0.05) is 36.5 Å². The molecule has 0 saturated heterocycles. The number of nitrogens with one attached hydrogen (secondary N) is 1. The molecule has 0 bridgehead atoms. The van der Waals surface area contributed by atoms with Crippen molar-refractivity contribution in [1.29, 1.82) is 0 Å². The van der Waals surface area contributed by atoms with Crippen LogP contribution in [-0.2, 0) is 0 Å². The van der Waals surface area contributed by atoms with E-state index in [2.05, 4.69) is 12.2 Å². The molecule has 106 valence electrons. The van der Waals surface area contributed by atoms with Crippen LogP contribution in [0.4, 0.5) is 0 Å². The molecule has 1 aromatic carbocycles. The minimum atomic E-state index is 0.723. The number of benzene rings is 1. The van der Waals surface area contributed by atoms with Crippen molar-refractivity contribution in [3.63, 3.8) is 0 Å². The Morgan fingerprint density at radius 3 is 2.95 bits per heavy atom. The second-order valence-corrected chi connectivity index (χ2v) is 7.05. The minimum Gasteiger partial charge on any atom is -0.314 e. The number of hydrogen-bond donors (Lipinski definition) is 1. The van der Waals surface area contributed by atoms with Gasteiger partial charge in [-0.3, -0.25) is 0 Å². The van der Waals surface area contributed by atoms with E-state index in [1.165, 1.54) is 25.7 Å². The third kappa shape index (κ3) is 4.56. The predicted molar refractivity (Wildman–Crippen MR) is 86.6 cm³/mol. The average Bonchev–Trinajstić information content (AvgIpc) is 2.82. The SMILES string of the molecule is CCNC1CCCC1CCSc1cc(Cl)ccc1Cl. The lowest BCUT2D eigenvalue weighted by molar-refractivity contribution is 0.400. The summed E-state index contributed by atoms with van der Waals surface area (Å²) in [7, 11) is 0. The van der Waals surface area contributed by atoms with Gasteiger partial charge in [-0.05, 0) is 55.7 Å². The Morgan fingerprint density at radius 2 is 2.16 bits per heavy atom. The fraction of sp³-hybridized carbons (Fsp3) is 0.600. The molecule has 0 spiro atoms. The second kappa shape index (κ2) is 7.78. The van der Waals surface area contributed by atoms with Crippen LogP contribution in [0.3, 0.4) is 0 Å². The van der Waals surface area contributed by atoms with Crippen LogP contribution in [0.25, 0.3) is 0 Å². The average molecular weight is 318 g/mol. The van der Waals surface area contributed by atoms with Gasteiger partial charge in [-0.25, -0.2) is 0 Å². The first-order valence-electron chi connectivity index (χ1n) is 7.02. The molecule has 0 heterocycles. The maximum absolute atomic E-state index is 6.18. The van der Waals surface area contributed by atoms with Gasteiger partial charge in [0.1, 0.15) is 0 Å². The predicted octanol–water partition coefficient (Wildman–Crippen LogP) is 5.25. The molecule has 0 amide bonds. The van der Waals surface area contributed by atoms with Crippen LogP contribution in [-0.4, -0.2) is 18.3 Å². The molecule has 19 heavy (non-hydrogen) atoms. The van der Waals surface area contributed by atoms with Crippen LogP contribution < -0.4 is 5.32 Å². The van der Waals surface area contributed by atoms with Crippen LogP contribution >= 0.6 is 35.0 Å². The summed E-state index contributed by atoms with van der Waals surface area (Å²) in [4.78, 5) is 1.10. The Morgan fingerprint density at radius 1 is 1.32 bits per heavy atom. The van der Waals surface area contributed by atoms with Gasteiger partial charge in [-0.2, -0.15) is 0 Å². The molecule has 4 heteroatoms. The summed E-state index contributed by atoms with van der Waals surface area (Å²) < 4.78 is 0. The van der Waals surface area contributed by atoms with E-state index in [0.29, 0.717) is 0 Å². The Balaban J connectivity index is 1.81. The van der Waals surface area contributed by atoms with Crippen LogP contribution in [0, 0.1) is 5.92 Å². The Hall–Kier alpha value is 0.110. The molecule has 2 atom stereocenters. The zero-order chi connectivity index (χ0) is 13.7. The van der Waals surface area contributed by atoms with Gasteiger partial charge in [0.25, 0.3) is 0 Å². The lowest BCUT2D eigenvalue weighted by Gasteiger charge is -2.20. The van der Waals surface area contributed by atoms with Gasteiger partial charge in [0.05, 0.1) is 5.02 Å². The Labute approximate surface area is 130 Å². The van der Waals surface area contributed by atoms with Crippen LogP contribution in [0.5, 0.6) is 0 Å². The van der Waals surface area contributed by atoms with Gasteiger partial charge >= 0.3 is 0 Å². The smallest absolute Gasteiger partial charge is 0.0542 e. The standard InChI is InChI=1S/C15H21Cl2NS/c1-2-18-14-5-3-4-11(14)8-9-19-15-10-12(16)6-7-13(15)17/h6-7,10-11,14,18H,2-5,8-9H2,1H3. The molecule has 0 radical (unpaired) electrons. The number of thioether (sulfide) groups is 1. The summed E-state index contributed by atoms with van der Waals surface area (Å²) in [5.41, 5.74) is 0. The highest BCUT2D eigenvalue weighted by Gasteiger charge is 2.25. The number of halogens is 2. The maximum Gasteiger partial charge on any atom is 0.0542 e. The van der Waals surface area contributed by atoms with E-state index in [-0.39, 0.29) is 0 Å². The molecule has 1 aromatic rings. The van der Waals surface area contributed by atoms with E-state index in [0.717, 1.165) is 39.2 Å². The maximum atomic E-state index is 6.18. The van der Waals surface area contributed by atoms with Gasteiger partial charge < -0.3 is 5.32 Å². The number of rotatable bonds is 6. The van der Waals surface area contributed by atoms with Crippen molar-refractivity contribution in [2.75, 3.05) is 12.3 Å². The highest BCUT2D eigenvalue weighted by molar-refractivity contribution is 7.99. The molecule has 0 aromatic heterocycles. The fourth-order valence-electron chi connectivity index (χ4n) is 2.82. The van der Waals surface area contributed by atoms with E-state index in [4.69, 9.17) is 23.2 Å². The molecule has 1 saturated carbocycles. The molecule has 1 aliphatic carbocycles. The monoisotopic (exact) mass is 317 g/mol. The molecule has 2 unspecified atom stereocenters. The summed E-state index contributed by atoms with van der Waals surface area (Å²) in [5.74, 6) is 1.94. The quantitative estimate of drug-likeness (QED) is 0.719. The molecule has 0 aliphatic heterocycles. The van der Waals surface area contributed by atoms with Crippen molar-refractivity contribution < 1.29 is 0 Å². The second-order valence-electron chi connectivity index (χ2n) is 5.07. The molecule has 2 rings (SSSR count). The molecule has 1 fully saturated rings. The topological polar surface area (TPSA) is 12.0 Å². The minimum absolute atomic E-state index is 0.723. The molecular weight excluding hydrogens is 297 g/mol. The van der Waals surface area contributed by atoms with E-state index >= 15 is 0 Å². The summed E-state index contributed by atoms with van der Waals surface area (Å²) >= 11 is 14.0. The van der Waals surface area contributed by atoms with E-state index in [1.54, 1.807) is 0 Å². The third-order valence-corrected chi connectivity index (χ3v) is 5.53. The van der Waals surface area contributed by atoms with Gasteiger partial charge in [0, 0.05) is 16.0 Å². The third-order valence-electron chi connectivity index (χ3n) is 3.76. The number of hydrogen-bond acceptors (Lipinski definition) is 2. The summed E-state index contributed by atoms with van der Waals surface area (Å²) in [5, 5.41) is 5.18. The van der Waals surface area contributed by atoms with E-state index in [1.807, 2.05) is 30.0 Å². The summed E-state index contributed by atoms with van der Waals surface area (Å²) in [6, 6.07) is 6.40. The van der Waals surface area contributed by atoms with Crippen molar-refractivity contribution in [1.82, 2.24) is 5.32 Å². The van der Waals surface area contributed by atoms with Crippen molar-refractivity contribution >= 4 is 35.0 Å². The van der Waals surface area contributed by atoms with Crippen molar-refractivity contribution in [2.24, 2.45) is 5.92 Å². The van der Waals surface area contributed by atoms with Crippen molar-refractivity contribution in [3.8, 4) is 0 Å². The van der Waals surface area contributed by atoms with Gasteiger partial charge in [0.15, 0.2) is 0 Å². The zero-order valence-electron chi connectivity index (χ0n) is 11.3. The molecule has 1 N–H and O–H groups in total. The summed E-state index contributed by atoms with van der Waals surface area (Å²) in [6.07, 6.45) is 5.32. The molecule has 1 nitrogen and oxygen atoms in total. The lowest BCUT2D eigenvalue weighted by Crippen LogP contribution is -2.32. The van der Waals surface area contributed by atoms with Gasteiger partial charge in [0.2, 0.25) is 0 Å². The normalized spacial score (nSPS) is 22.9. The van der Waals surface area contributed by atoms with Crippen LogP contribution in [0.15, 0.2) is 23.1 Å². The van der Waals surface area contributed by atoms with E-state index in [9.17, 15) is 0 Å². The first-order chi connectivity index (χ1) is 9.20. The Bertz CT molecular complexity index is 411.